The van der Waals surface area contributed by atoms with Gasteiger partial charge >= 0.3 is 0 Å². The Labute approximate surface area is 97.7 Å². The van der Waals surface area contributed by atoms with Gasteiger partial charge in [-0.2, -0.15) is 0 Å². The lowest BCUT2D eigenvalue weighted by Crippen LogP contribution is -2.12. The van der Waals surface area contributed by atoms with Gasteiger partial charge in [-0.05, 0) is 37.1 Å². The lowest BCUT2D eigenvalue weighted by atomic mass is 10.1. The van der Waals surface area contributed by atoms with Gasteiger partial charge in [0.2, 0.25) is 5.78 Å². The van der Waals surface area contributed by atoms with Crippen LogP contribution in [0.15, 0.2) is 30.0 Å². The molecule has 1 aliphatic heterocycles. The molecular weight excluding hydrogens is 231 g/mol. The normalized spacial score (nSPS) is 15.2. The zero-order valence-corrected chi connectivity index (χ0v) is 9.26. The van der Waals surface area contributed by atoms with Crippen molar-refractivity contribution in [2.75, 3.05) is 6.61 Å². The number of ketones is 1. The van der Waals surface area contributed by atoms with E-state index in [-0.39, 0.29) is 11.3 Å². The number of carbonyl (C=O) groups excluding carboxylic acids is 1. The number of hydrogen-bond acceptors (Lipinski definition) is 2. The average molecular weight is 241 g/mol. The molecule has 0 aromatic heterocycles. The van der Waals surface area contributed by atoms with Gasteiger partial charge in [0.25, 0.3) is 0 Å². The fourth-order valence-electron chi connectivity index (χ4n) is 1.52. The van der Waals surface area contributed by atoms with Crippen LogP contribution in [0.5, 0.6) is 0 Å². The second-order valence-electron chi connectivity index (χ2n) is 3.51. The highest BCUT2D eigenvalue weighted by molar-refractivity contribution is 6.31. The molecule has 0 radical (unpaired) electrons. The monoisotopic (exact) mass is 240 g/mol. The third-order valence-corrected chi connectivity index (χ3v) is 2.57. The number of rotatable bonds is 2. The molecule has 0 amide bonds. The first-order chi connectivity index (χ1) is 7.68. The Bertz CT molecular complexity index is 454. The van der Waals surface area contributed by atoms with Gasteiger partial charge in [0.1, 0.15) is 5.82 Å². The largest absolute Gasteiger partial charge is 0.490 e. The minimum Gasteiger partial charge on any atom is -0.490 e. The number of benzene rings is 1. The summed E-state index contributed by atoms with van der Waals surface area (Å²) in [4.78, 5) is 11.9. The quantitative estimate of drug-likeness (QED) is 0.741. The van der Waals surface area contributed by atoms with Crippen LogP contribution in [-0.2, 0) is 4.74 Å². The first-order valence-electron chi connectivity index (χ1n) is 5.01. The summed E-state index contributed by atoms with van der Waals surface area (Å²) in [6, 6.07) is 3.90. The number of Topliss-reactive ketones (excluding diaryl/α,β-unsaturated/α-hetero) is 1. The van der Waals surface area contributed by atoms with E-state index in [9.17, 15) is 9.18 Å². The number of allylic oxidation sites excluding steroid dienone is 2. The third-order valence-electron chi connectivity index (χ3n) is 2.33. The van der Waals surface area contributed by atoms with Crippen molar-refractivity contribution in [3.8, 4) is 0 Å². The van der Waals surface area contributed by atoms with Gasteiger partial charge < -0.3 is 4.74 Å². The fraction of sp³-hybridized carbons (Fsp3) is 0.250. The van der Waals surface area contributed by atoms with Crippen LogP contribution in [0.2, 0.25) is 5.02 Å². The highest BCUT2D eigenvalue weighted by Crippen LogP contribution is 2.20. The van der Waals surface area contributed by atoms with Crippen LogP contribution in [0.1, 0.15) is 23.2 Å². The predicted octanol–water partition coefficient (Wildman–Crippen LogP) is 3.36. The summed E-state index contributed by atoms with van der Waals surface area (Å²) in [6.07, 6.45) is 3.35. The van der Waals surface area contributed by atoms with Gasteiger partial charge in [0.05, 0.1) is 12.2 Å². The molecule has 0 N–H and O–H groups in total. The Morgan fingerprint density at radius 1 is 1.44 bits per heavy atom. The van der Waals surface area contributed by atoms with Crippen LogP contribution < -0.4 is 0 Å². The first kappa shape index (κ1) is 11.1. The maximum atomic E-state index is 13.4. The maximum Gasteiger partial charge on any atom is 0.230 e. The Hall–Kier alpha value is -1.35. The second kappa shape index (κ2) is 4.66. The van der Waals surface area contributed by atoms with Crippen molar-refractivity contribution in [3.05, 3.63) is 46.4 Å². The van der Waals surface area contributed by atoms with Gasteiger partial charge in [-0.25, -0.2) is 4.39 Å². The predicted molar refractivity (Wildman–Crippen MR) is 59.0 cm³/mol. The zero-order valence-electron chi connectivity index (χ0n) is 8.50. The molecule has 1 aromatic carbocycles. The van der Waals surface area contributed by atoms with E-state index >= 15 is 0 Å². The average Bonchev–Trinajstić information content (AvgIpc) is 2.32. The fourth-order valence-corrected chi connectivity index (χ4v) is 1.69. The smallest absolute Gasteiger partial charge is 0.230 e. The molecular formula is C12H10ClFO2. The molecule has 0 atom stereocenters. The molecule has 0 spiro atoms. The Balaban J connectivity index is 2.33. The molecule has 1 aromatic rings. The van der Waals surface area contributed by atoms with E-state index in [1.165, 1.54) is 18.2 Å². The van der Waals surface area contributed by atoms with E-state index < -0.39 is 11.6 Å². The van der Waals surface area contributed by atoms with Crippen molar-refractivity contribution in [3.63, 3.8) is 0 Å². The van der Waals surface area contributed by atoms with E-state index in [0.717, 1.165) is 12.8 Å². The van der Waals surface area contributed by atoms with Crippen LogP contribution in [0.4, 0.5) is 4.39 Å². The Morgan fingerprint density at radius 2 is 2.25 bits per heavy atom. The SMILES string of the molecule is O=C(C1=CCCCO1)c1cc(Cl)ccc1F. The van der Waals surface area contributed by atoms with E-state index in [4.69, 9.17) is 16.3 Å². The van der Waals surface area contributed by atoms with Crippen molar-refractivity contribution in [1.29, 1.82) is 0 Å². The molecule has 0 aliphatic carbocycles. The lowest BCUT2D eigenvalue weighted by molar-refractivity contribution is 0.0895. The lowest BCUT2D eigenvalue weighted by Gasteiger charge is -2.14. The van der Waals surface area contributed by atoms with Gasteiger partial charge in [-0.3, -0.25) is 4.79 Å². The molecule has 0 saturated heterocycles. The molecule has 2 nitrogen and oxygen atoms in total. The number of ether oxygens (including phenoxy) is 1. The summed E-state index contributed by atoms with van der Waals surface area (Å²) in [7, 11) is 0. The van der Waals surface area contributed by atoms with Crippen molar-refractivity contribution >= 4 is 17.4 Å². The van der Waals surface area contributed by atoms with Gasteiger partial charge in [0, 0.05) is 5.02 Å². The van der Waals surface area contributed by atoms with Crippen LogP contribution in [0.3, 0.4) is 0 Å². The minimum absolute atomic E-state index is 0.0411. The van der Waals surface area contributed by atoms with Gasteiger partial charge in [0.15, 0.2) is 5.76 Å². The zero-order chi connectivity index (χ0) is 11.5. The Morgan fingerprint density at radius 3 is 2.94 bits per heavy atom. The highest BCUT2D eigenvalue weighted by atomic mass is 35.5. The molecule has 4 heteroatoms. The minimum atomic E-state index is -0.579. The van der Waals surface area contributed by atoms with Gasteiger partial charge in [-0.15, -0.1) is 0 Å². The number of carbonyl (C=O) groups is 1. The molecule has 0 bridgehead atoms. The summed E-state index contributed by atoms with van der Waals surface area (Å²) in [5.74, 6) is -0.809. The van der Waals surface area contributed by atoms with Crippen LogP contribution in [0, 0.1) is 5.82 Å². The molecule has 1 heterocycles. The summed E-state index contributed by atoms with van der Waals surface area (Å²) in [5, 5.41) is 0.334. The molecule has 0 fully saturated rings. The summed E-state index contributed by atoms with van der Waals surface area (Å²) >= 11 is 5.72. The molecule has 84 valence electrons. The summed E-state index contributed by atoms with van der Waals surface area (Å²) < 4.78 is 18.6. The number of halogens is 2. The van der Waals surface area contributed by atoms with E-state index in [2.05, 4.69) is 0 Å². The number of hydrogen-bond donors (Lipinski definition) is 0. The molecule has 2 rings (SSSR count). The first-order valence-corrected chi connectivity index (χ1v) is 5.39. The van der Waals surface area contributed by atoms with Crippen LogP contribution in [0.25, 0.3) is 0 Å². The summed E-state index contributed by atoms with van der Waals surface area (Å²) in [6.45, 7) is 0.500. The standard InChI is InChI=1S/C12H10ClFO2/c13-8-4-5-10(14)9(7-8)12(15)11-3-1-2-6-16-11/h3-5,7H,1-2,6H2. The van der Waals surface area contributed by atoms with Crippen LogP contribution >= 0.6 is 11.6 Å². The third kappa shape index (κ3) is 2.25. The maximum absolute atomic E-state index is 13.4. The molecule has 16 heavy (non-hydrogen) atoms. The molecule has 0 unspecified atom stereocenters. The van der Waals surface area contributed by atoms with E-state index in [1.54, 1.807) is 6.08 Å². The summed E-state index contributed by atoms with van der Waals surface area (Å²) in [5.41, 5.74) is -0.0411. The Kier molecular flexibility index (Phi) is 3.25. The second-order valence-corrected chi connectivity index (χ2v) is 3.95. The topological polar surface area (TPSA) is 26.3 Å². The highest BCUT2D eigenvalue weighted by Gasteiger charge is 2.19. The van der Waals surface area contributed by atoms with Crippen molar-refractivity contribution in [2.24, 2.45) is 0 Å². The van der Waals surface area contributed by atoms with Crippen molar-refractivity contribution in [2.45, 2.75) is 12.8 Å². The molecule has 0 saturated carbocycles. The van der Waals surface area contributed by atoms with Crippen LogP contribution in [-0.4, -0.2) is 12.4 Å². The molecule has 1 aliphatic rings. The van der Waals surface area contributed by atoms with Gasteiger partial charge in [-0.1, -0.05) is 11.6 Å². The van der Waals surface area contributed by atoms with E-state index in [1.807, 2.05) is 0 Å². The van der Waals surface area contributed by atoms with Crippen molar-refractivity contribution in [1.82, 2.24) is 0 Å². The van der Waals surface area contributed by atoms with Crippen molar-refractivity contribution < 1.29 is 13.9 Å². The van der Waals surface area contributed by atoms with E-state index in [0.29, 0.717) is 11.6 Å².